The number of amides is 2. The molecule has 0 atom stereocenters. The second kappa shape index (κ2) is 7.58. The zero-order valence-electron chi connectivity index (χ0n) is 14.9. The number of nitrogens with zero attached hydrogens (tertiary/aromatic N) is 2. The molecular formula is C22H13ClN2O3S. The summed E-state index contributed by atoms with van der Waals surface area (Å²) in [5, 5.41) is 0.312. The summed E-state index contributed by atoms with van der Waals surface area (Å²) in [6.45, 7) is 0. The van der Waals surface area contributed by atoms with Crippen molar-refractivity contribution in [1.82, 2.24) is 0 Å². The lowest BCUT2D eigenvalue weighted by atomic mass is 10.0. The quantitative estimate of drug-likeness (QED) is 0.360. The van der Waals surface area contributed by atoms with E-state index in [0.29, 0.717) is 16.3 Å². The van der Waals surface area contributed by atoms with Crippen molar-refractivity contribution in [3.05, 3.63) is 95.0 Å². The van der Waals surface area contributed by atoms with Gasteiger partial charge in [0.05, 0.1) is 11.4 Å². The zero-order valence-corrected chi connectivity index (χ0v) is 16.5. The summed E-state index contributed by atoms with van der Waals surface area (Å²) in [7, 11) is 0. The lowest BCUT2D eigenvalue weighted by Gasteiger charge is -2.21. The van der Waals surface area contributed by atoms with Gasteiger partial charge >= 0.3 is 11.8 Å². The Kier molecular flexibility index (Phi) is 4.96. The van der Waals surface area contributed by atoms with Gasteiger partial charge in [0.2, 0.25) is 0 Å². The second-order valence-electron chi connectivity index (χ2n) is 6.26. The van der Waals surface area contributed by atoms with Crippen LogP contribution in [0.15, 0.2) is 78.9 Å². The number of thiocarbonyl (C=S) groups is 1. The second-order valence-corrected chi connectivity index (χ2v) is 7.06. The Morgan fingerprint density at radius 2 is 1.38 bits per heavy atom. The van der Waals surface area contributed by atoms with Gasteiger partial charge in [-0.3, -0.25) is 14.4 Å². The summed E-state index contributed by atoms with van der Waals surface area (Å²) in [6.07, 6.45) is 0. The summed E-state index contributed by atoms with van der Waals surface area (Å²) in [6, 6.07) is 21.8. The lowest BCUT2D eigenvalue weighted by Crippen LogP contribution is -2.34. The third-order valence-electron chi connectivity index (χ3n) is 4.47. The summed E-state index contributed by atoms with van der Waals surface area (Å²) < 4.78 is 0. The molecule has 4 rings (SSSR count). The molecule has 2 amide bonds. The first-order valence-corrected chi connectivity index (χ1v) is 9.44. The lowest BCUT2D eigenvalue weighted by molar-refractivity contribution is -0.133. The SMILES string of the molecule is O=C(c1ccccc1)c1cc(Cl)ccc1N1C(=O)C(=O)N(c2ccccc2)C1=S. The Hall–Kier alpha value is -3.35. The Labute approximate surface area is 177 Å². The molecule has 29 heavy (non-hydrogen) atoms. The molecule has 3 aromatic rings. The molecule has 0 radical (unpaired) electrons. The van der Waals surface area contributed by atoms with Crippen LogP contribution in [0.25, 0.3) is 0 Å². The van der Waals surface area contributed by atoms with E-state index in [1.54, 1.807) is 66.7 Å². The van der Waals surface area contributed by atoms with E-state index in [9.17, 15) is 14.4 Å². The highest BCUT2D eigenvalue weighted by Gasteiger charge is 2.44. The number of hydrogen-bond donors (Lipinski definition) is 0. The first-order valence-electron chi connectivity index (χ1n) is 8.66. The van der Waals surface area contributed by atoms with Crippen LogP contribution in [0.4, 0.5) is 11.4 Å². The monoisotopic (exact) mass is 420 g/mol. The highest BCUT2D eigenvalue weighted by molar-refractivity contribution is 7.81. The van der Waals surface area contributed by atoms with Crippen LogP contribution in [0, 0.1) is 0 Å². The van der Waals surface area contributed by atoms with Crippen molar-refractivity contribution in [2.24, 2.45) is 0 Å². The van der Waals surface area contributed by atoms with E-state index < -0.39 is 11.8 Å². The molecule has 1 fully saturated rings. The molecule has 0 bridgehead atoms. The van der Waals surface area contributed by atoms with E-state index in [4.69, 9.17) is 23.8 Å². The van der Waals surface area contributed by atoms with Crippen molar-refractivity contribution in [1.29, 1.82) is 0 Å². The van der Waals surface area contributed by atoms with Crippen LogP contribution < -0.4 is 9.80 Å². The normalized spacial score (nSPS) is 13.9. The molecule has 3 aromatic carbocycles. The predicted molar refractivity (Wildman–Crippen MR) is 115 cm³/mol. The minimum absolute atomic E-state index is 0.0179. The maximum absolute atomic E-state index is 13.1. The Morgan fingerprint density at radius 1 is 0.793 bits per heavy atom. The molecule has 0 saturated carbocycles. The summed E-state index contributed by atoms with van der Waals surface area (Å²) in [4.78, 5) is 40.8. The van der Waals surface area contributed by atoms with Gasteiger partial charge in [0.15, 0.2) is 10.9 Å². The van der Waals surface area contributed by atoms with Crippen molar-refractivity contribution >= 4 is 57.9 Å². The molecule has 0 N–H and O–H groups in total. The van der Waals surface area contributed by atoms with Gasteiger partial charge in [-0.1, -0.05) is 60.1 Å². The van der Waals surface area contributed by atoms with E-state index in [1.165, 1.54) is 12.1 Å². The van der Waals surface area contributed by atoms with Crippen LogP contribution in [0.5, 0.6) is 0 Å². The van der Waals surface area contributed by atoms with Crippen LogP contribution in [0.1, 0.15) is 15.9 Å². The Morgan fingerprint density at radius 3 is 2.03 bits per heavy atom. The fourth-order valence-electron chi connectivity index (χ4n) is 3.11. The minimum Gasteiger partial charge on any atom is -0.289 e. The number of halogens is 1. The zero-order chi connectivity index (χ0) is 20.5. The van der Waals surface area contributed by atoms with Crippen molar-refractivity contribution in [3.8, 4) is 0 Å². The number of carbonyl (C=O) groups excluding carboxylic acids is 3. The maximum Gasteiger partial charge on any atom is 0.323 e. The van der Waals surface area contributed by atoms with Gasteiger partial charge < -0.3 is 0 Å². The van der Waals surface area contributed by atoms with Crippen molar-refractivity contribution in [2.75, 3.05) is 9.80 Å². The number of ketones is 1. The third kappa shape index (κ3) is 3.33. The summed E-state index contributed by atoms with van der Waals surface area (Å²) in [5.41, 5.74) is 1.30. The van der Waals surface area contributed by atoms with Crippen molar-refractivity contribution in [3.63, 3.8) is 0 Å². The molecule has 142 valence electrons. The van der Waals surface area contributed by atoms with Gasteiger partial charge in [0.25, 0.3) is 0 Å². The van der Waals surface area contributed by atoms with E-state index in [2.05, 4.69) is 0 Å². The summed E-state index contributed by atoms with van der Waals surface area (Å²) >= 11 is 11.6. The van der Waals surface area contributed by atoms with E-state index in [-0.39, 0.29) is 22.1 Å². The fraction of sp³-hybridized carbons (Fsp3) is 0. The van der Waals surface area contributed by atoms with E-state index >= 15 is 0 Å². The first kappa shape index (κ1) is 19.0. The number of rotatable bonds is 4. The van der Waals surface area contributed by atoms with Gasteiger partial charge in [-0.2, -0.15) is 0 Å². The summed E-state index contributed by atoms with van der Waals surface area (Å²) in [5.74, 6) is -1.94. The number of benzene rings is 3. The first-order chi connectivity index (χ1) is 14.0. The molecule has 1 heterocycles. The number of carbonyl (C=O) groups is 3. The highest BCUT2D eigenvalue weighted by Crippen LogP contribution is 2.32. The van der Waals surface area contributed by atoms with Crippen LogP contribution in [-0.2, 0) is 9.59 Å². The molecule has 1 saturated heterocycles. The average Bonchev–Trinajstić information content (AvgIpc) is 2.97. The molecule has 7 heteroatoms. The third-order valence-corrected chi connectivity index (χ3v) is 5.07. The van der Waals surface area contributed by atoms with Crippen LogP contribution in [-0.4, -0.2) is 22.7 Å². The number of anilines is 2. The predicted octanol–water partition coefficient (Wildman–Crippen LogP) is 4.24. The molecule has 1 aliphatic heterocycles. The van der Waals surface area contributed by atoms with Gasteiger partial charge in [0, 0.05) is 16.1 Å². The molecule has 0 spiro atoms. The van der Waals surface area contributed by atoms with Gasteiger partial charge in [-0.15, -0.1) is 0 Å². The Balaban J connectivity index is 1.81. The van der Waals surface area contributed by atoms with Crippen LogP contribution in [0.2, 0.25) is 5.02 Å². The Bertz CT molecular complexity index is 1150. The molecular weight excluding hydrogens is 408 g/mol. The average molecular weight is 421 g/mol. The van der Waals surface area contributed by atoms with Gasteiger partial charge in [-0.25, -0.2) is 9.80 Å². The molecule has 0 aliphatic carbocycles. The smallest absolute Gasteiger partial charge is 0.289 e. The number of para-hydroxylation sites is 1. The molecule has 5 nitrogen and oxygen atoms in total. The maximum atomic E-state index is 13.1. The van der Waals surface area contributed by atoms with Crippen LogP contribution >= 0.6 is 23.8 Å². The number of hydrogen-bond acceptors (Lipinski definition) is 4. The molecule has 0 aromatic heterocycles. The minimum atomic E-state index is -0.830. The largest absolute Gasteiger partial charge is 0.323 e. The van der Waals surface area contributed by atoms with E-state index in [1.807, 2.05) is 0 Å². The standard InChI is InChI=1S/C22H13ClN2O3S/c23-15-11-12-18(17(13-15)19(26)14-7-3-1-4-8-14)25-21(28)20(27)24(22(25)29)16-9-5-2-6-10-16/h1-13H. The molecule has 1 aliphatic rings. The van der Waals surface area contributed by atoms with E-state index in [0.717, 1.165) is 9.80 Å². The van der Waals surface area contributed by atoms with Crippen molar-refractivity contribution < 1.29 is 14.4 Å². The fourth-order valence-corrected chi connectivity index (χ4v) is 3.65. The van der Waals surface area contributed by atoms with Gasteiger partial charge in [-0.05, 0) is 42.5 Å². The highest BCUT2D eigenvalue weighted by atomic mass is 35.5. The van der Waals surface area contributed by atoms with Crippen molar-refractivity contribution in [2.45, 2.75) is 0 Å². The molecule has 0 unspecified atom stereocenters. The van der Waals surface area contributed by atoms with Crippen LogP contribution in [0.3, 0.4) is 0 Å². The topological polar surface area (TPSA) is 57.7 Å². The van der Waals surface area contributed by atoms with Gasteiger partial charge in [0.1, 0.15) is 0 Å².